The van der Waals surface area contributed by atoms with Crippen molar-refractivity contribution in [2.45, 2.75) is 0 Å². The molecule has 4 nitrogen and oxygen atoms in total. The lowest BCUT2D eigenvalue weighted by molar-refractivity contribution is 0.0989. The number of rotatable bonds is 2. The van der Waals surface area contributed by atoms with Crippen LogP contribution in [0.1, 0.15) is 10.4 Å². The lowest BCUT2D eigenvalue weighted by atomic mass is 10.1. The first-order valence-corrected chi connectivity index (χ1v) is 5.43. The fourth-order valence-corrected chi connectivity index (χ4v) is 1.58. The third-order valence-electron chi connectivity index (χ3n) is 2.65. The number of halogens is 2. The van der Waals surface area contributed by atoms with Gasteiger partial charge in [0.2, 0.25) is 0 Å². The molecule has 0 saturated heterocycles. The Balaban J connectivity index is 2.37. The summed E-state index contributed by atoms with van der Waals surface area (Å²) < 4.78 is 26.6. The van der Waals surface area contributed by atoms with Crippen molar-refractivity contribution in [2.24, 2.45) is 0 Å². The molecule has 0 aliphatic carbocycles. The maximum Gasteiger partial charge on any atom is 0.261 e. The molecule has 1 aromatic carbocycles. The molecule has 6 heteroatoms. The molecule has 0 saturated carbocycles. The van der Waals surface area contributed by atoms with Gasteiger partial charge in [0.15, 0.2) is 0 Å². The minimum Gasteiger partial charge on any atom is -0.396 e. The Morgan fingerprint density at radius 1 is 1.32 bits per heavy atom. The highest BCUT2D eigenvalue weighted by atomic mass is 19.1. The predicted octanol–water partition coefficient (Wildman–Crippen LogP) is 2.22. The van der Waals surface area contributed by atoms with E-state index < -0.39 is 17.5 Å². The highest BCUT2D eigenvalue weighted by molar-refractivity contribution is 6.06. The Kier molecular flexibility index (Phi) is 3.41. The standard InChI is InChI=1S/C13H11F2N3O/c1-18(8-3-2-4-17-7-8)13(19)9-5-12(16)11(15)6-10(9)14/h2-7H,16H2,1H3. The average molecular weight is 263 g/mol. The van der Waals surface area contributed by atoms with E-state index in [4.69, 9.17) is 5.73 Å². The second-order valence-electron chi connectivity index (χ2n) is 3.93. The van der Waals surface area contributed by atoms with Crippen molar-refractivity contribution in [2.75, 3.05) is 17.7 Å². The Morgan fingerprint density at radius 3 is 2.68 bits per heavy atom. The van der Waals surface area contributed by atoms with Gasteiger partial charge in [-0.3, -0.25) is 9.78 Å². The summed E-state index contributed by atoms with van der Waals surface area (Å²) >= 11 is 0. The van der Waals surface area contributed by atoms with Crippen LogP contribution in [0.4, 0.5) is 20.2 Å². The molecule has 0 unspecified atom stereocenters. The van der Waals surface area contributed by atoms with Crippen molar-refractivity contribution in [3.63, 3.8) is 0 Å². The molecule has 0 spiro atoms. The number of amides is 1. The van der Waals surface area contributed by atoms with Gasteiger partial charge in [0.1, 0.15) is 11.6 Å². The first-order chi connectivity index (χ1) is 9.00. The van der Waals surface area contributed by atoms with Crippen LogP contribution in [0.25, 0.3) is 0 Å². The number of pyridine rings is 1. The SMILES string of the molecule is CN(C(=O)c1cc(N)c(F)cc1F)c1cccnc1. The number of carbonyl (C=O) groups is 1. The topological polar surface area (TPSA) is 59.2 Å². The normalized spacial score (nSPS) is 10.3. The molecule has 2 aromatic rings. The second-order valence-corrected chi connectivity index (χ2v) is 3.93. The third kappa shape index (κ3) is 2.52. The number of hydrogen-bond acceptors (Lipinski definition) is 3. The smallest absolute Gasteiger partial charge is 0.261 e. The molecule has 0 atom stereocenters. The van der Waals surface area contributed by atoms with Crippen LogP contribution in [0.3, 0.4) is 0 Å². The molecule has 0 aliphatic heterocycles. The van der Waals surface area contributed by atoms with Gasteiger partial charge in [-0.1, -0.05) is 0 Å². The molecule has 0 aliphatic rings. The Hall–Kier alpha value is -2.50. The monoisotopic (exact) mass is 263 g/mol. The molecule has 1 heterocycles. The van der Waals surface area contributed by atoms with Gasteiger partial charge in [0.25, 0.3) is 5.91 Å². The molecule has 0 radical (unpaired) electrons. The number of nitrogen functional groups attached to an aromatic ring is 1. The molecule has 2 N–H and O–H groups in total. The van der Waals surface area contributed by atoms with E-state index in [1.807, 2.05) is 0 Å². The number of nitrogens with zero attached hydrogens (tertiary/aromatic N) is 2. The second kappa shape index (κ2) is 5.01. The summed E-state index contributed by atoms with van der Waals surface area (Å²) in [6, 6.07) is 4.88. The van der Waals surface area contributed by atoms with Crippen LogP contribution in [0, 0.1) is 11.6 Å². The lowest BCUT2D eigenvalue weighted by Crippen LogP contribution is -2.27. The molecule has 0 bridgehead atoms. The van der Waals surface area contributed by atoms with Gasteiger partial charge in [0, 0.05) is 19.3 Å². The Labute approximate surface area is 108 Å². The van der Waals surface area contributed by atoms with Crippen molar-refractivity contribution in [1.29, 1.82) is 0 Å². The van der Waals surface area contributed by atoms with Crippen LogP contribution in [0.5, 0.6) is 0 Å². The van der Waals surface area contributed by atoms with Gasteiger partial charge in [0.05, 0.1) is 23.1 Å². The molecule has 98 valence electrons. The van der Waals surface area contributed by atoms with E-state index in [0.29, 0.717) is 11.8 Å². The molecule has 1 aromatic heterocycles. The van der Waals surface area contributed by atoms with Crippen LogP contribution in [0.15, 0.2) is 36.7 Å². The van der Waals surface area contributed by atoms with Crippen molar-refractivity contribution in [1.82, 2.24) is 4.98 Å². The predicted molar refractivity (Wildman–Crippen MR) is 67.7 cm³/mol. The minimum absolute atomic E-state index is 0.274. The van der Waals surface area contributed by atoms with Crippen LogP contribution in [0.2, 0.25) is 0 Å². The molecule has 2 rings (SSSR count). The Bertz CT molecular complexity index is 617. The van der Waals surface area contributed by atoms with Gasteiger partial charge in [-0.05, 0) is 18.2 Å². The summed E-state index contributed by atoms with van der Waals surface area (Å²) in [6.07, 6.45) is 3.01. The number of benzene rings is 1. The zero-order valence-electron chi connectivity index (χ0n) is 10.1. The fourth-order valence-electron chi connectivity index (χ4n) is 1.58. The number of carbonyl (C=O) groups excluding carboxylic acids is 1. The highest BCUT2D eigenvalue weighted by Crippen LogP contribution is 2.20. The van der Waals surface area contributed by atoms with Gasteiger partial charge < -0.3 is 10.6 Å². The zero-order valence-corrected chi connectivity index (χ0v) is 10.1. The van der Waals surface area contributed by atoms with Gasteiger partial charge in [-0.2, -0.15) is 0 Å². The van der Waals surface area contributed by atoms with Crippen LogP contribution < -0.4 is 10.6 Å². The van der Waals surface area contributed by atoms with E-state index in [0.717, 1.165) is 6.07 Å². The van der Waals surface area contributed by atoms with E-state index in [1.54, 1.807) is 18.3 Å². The molecular weight excluding hydrogens is 252 g/mol. The zero-order chi connectivity index (χ0) is 14.0. The molecular formula is C13H11F2N3O. The van der Waals surface area contributed by atoms with Crippen LogP contribution in [-0.2, 0) is 0 Å². The van der Waals surface area contributed by atoms with Gasteiger partial charge in [-0.15, -0.1) is 0 Å². The molecule has 0 fully saturated rings. The Morgan fingerprint density at radius 2 is 2.05 bits per heavy atom. The summed E-state index contributed by atoms with van der Waals surface area (Å²) in [5.74, 6) is -2.47. The summed E-state index contributed by atoms with van der Waals surface area (Å²) in [6.45, 7) is 0. The van der Waals surface area contributed by atoms with E-state index in [1.165, 1.54) is 18.1 Å². The quantitative estimate of drug-likeness (QED) is 0.845. The molecule has 1 amide bonds. The van der Waals surface area contributed by atoms with Crippen LogP contribution >= 0.6 is 0 Å². The first kappa shape index (κ1) is 12.9. The molecule has 19 heavy (non-hydrogen) atoms. The van der Waals surface area contributed by atoms with E-state index in [-0.39, 0.29) is 11.3 Å². The first-order valence-electron chi connectivity index (χ1n) is 5.43. The highest BCUT2D eigenvalue weighted by Gasteiger charge is 2.19. The largest absolute Gasteiger partial charge is 0.396 e. The lowest BCUT2D eigenvalue weighted by Gasteiger charge is -2.17. The maximum absolute atomic E-state index is 13.6. The summed E-state index contributed by atoms with van der Waals surface area (Å²) in [5, 5.41) is 0. The summed E-state index contributed by atoms with van der Waals surface area (Å²) in [4.78, 5) is 17.2. The number of anilines is 2. The number of nitrogens with two attached hydrogens (primary N) is 1. The summed E-state index contributed by atoms with van der Waals surface area (Å²) in [7, 11) is 1.47. The maximum atomic E-state index is 13.6. The number of hydrogen-bond donors (Lipinski definition) is 1. The third-order valence-corrected chi connectivity index (χ3v) is 2.65. The fraction of sp³-hybridized carbons (Fsp3) is 0.0769. The van der Waals surface area contributed by atoms with Gasteiger partial charge >= 0.3 is 0 Å². The van der Waals surface area contributed by atoms with E-state index >= 15 is 0 Å². The van der Waals surface area contributed by atoms with Crippen molar-refractivity contribution in [3.8, 4) is 0 Å². The number of aromatic nitrogens is 1. The van der Waals surface area contributed by atoms with Crippen LogP contribution in [-0.4, -0.2) is 17.9 Å². The van der Waals surface area contributed by atoms with Crippen molar-refractivity contribution >= 4 is 17.3 Å². The average Bonchev–Trinajstić information content (AvgIpc) is 2.42. The minimum atomic E-state index is -0.951. The van der Waals surface area contributed by atoms with E-state index in [9.17, 15) is 13.6 Å². The van der Waals surface area contributed by atoms with Gasteiger partial charge in [-0.25, -0.2) is 8.78 Å². The van der Waals surface area contributed by atoms with E-state index in [2.05, 4.69) is 4.98 Å². The summed E-state index contributed by atoms with van der Waals surface area (Å²) in [5.41, 5.74) is 5.28. The van der Waals surface area contributed by atoms with Crippen molar-refractivity contribution < 1.29 is 13.6 Å². The van der Waals surface area contributed by atoms with Crippen molar-refractivity contribution in [3.05, 3.63) is 53.9 Å².